The van der Waals surface area contributed by atoms with Gasteiger partial charge in [0, 0.05) is 0 Å². The van der Waals surface area contributed by atoms with Crippen molar-refractivity contribution in [3.8, 4) is 11.5 Å². The maximum atomic E-state index is 12.5. The van der Waals surface area contributed by atoms with E-state index in [1.807, 2.05) is 13.8 Å². The van der Waals surface area contributed by atoms with Gasteiger partial charge in [0.15, 0.2) is 11.5 Å². The van der Waals surface area contributed by atoms with Gasteiger partial charge >= 0.3 is 0 Å². The van der Waals surface area contributed by atoms with Crippen molar-refractivity contribution >= 4 is 40.6 Å². The van der Waals surface area contributed by atoms with Gasteiger partial charge in [-0.1, -0.05) is 24.6 Å². The second kappa shape index (κ2) is 8.64. The minimum absolute atomic E-state index is 0.0101. The fourth-order valence-electron chi connectivity index (χ4n) is 2.31. The summed E-state index contributed by atoms with van der Waals surface area (Å²) >= 11 is 7.24. The van der Waals surface area contributed by atoms with Crippen LogP contribution in [-0.4, -0.2) is 35.3 Å². The second-order valence-corrected chi connectivity index (χ2v) is 7.30. The van der Waals surface area contributed by atoms with E-state index in [2.05, 4.69) is 6.58 Å². The number of hydrogen-bond acceptors (Lipinski definition) is 5. The number of amides is 2. The lowest BCUT2D eigenvalue weighted by Gasteiger charge is -2.18. The summed E-state index contributed by atoms with van der Waals surface area (Å²) in [5.41, 5.74) is 0.653. The van der Waals surface area contributed by atoms with E-state index in [0.29, 0.717) is 27.0 Å². The summed E-state index contributed by atoms with van der Waals surface area (Å²) in [6.45, 7) is 9.34. The van der Waals surface area contributed by atoms with Crippen molar-refractivity contribution in [1.82, 2.24) is 4.90 Å². The van der Waals surface area contributed by atoms with Crippen LogP contribution in [0.4, 0.5) is 4.79 Å². The van der Waals surface area contributed by atoms with E-state index in [1.165, 1.54) is 12.0 Å². The fraction of sp³-hybridized carbons (Fsp3) is 0.368. The Bertz CT molecular complexity index is 762. The van der Waals surface area contributed by atoms with Gasteiger partial charge in [0.25, 0.3) is 11.1 Å². The van der Waals surface area contributed by atoms with Gasteiger partial charge in [-0.25, -0.2) is 0 Å². The van der Waals surface area contributed by atoms with Crippen LogP contribution in [0.25, 0.3) is 6.08 Å². The third-order valence-electron chi connectivity index (χ3n) is 4.02. The van der Waals surface area contributed by atoms with Crippen LogP contribution in [-0.2, 0) is 4.79 Å². The van der Waals surface area contributed by atoms with Gasteiger partial charge in [-0.05, 0) is 55.8 Å². The van der Waals surface area contributed by atoms with Gasteiger partial charge in [0.05, 0.1) is 29.2 Å². The number of thioether (sulfide) groups is 1. The molecule has 1 aromatic carbocycles. The zero-order valence-electron chi connectivity index (χ0n) is 15.2. The van der Waals surface area contributed by atoms with Crippen LogP contribution in [0.5, 0.6) is 11.5 Å². The molecule has 1 saturated heterocycles. The number of halogens is 1. The Balaban J connectivity index is 2.37. The first kappa shape index (κ1) is 20.4. The topological polar surface area (TPSA) is 55.8 Å². The molecule has 2 rings (SSSR count). The quantitative estimate of drug-likeness (QED) is 0.472. The minimum Gasteiger partial charge on any atom is -0.493 e. The van der Waals surface area contributed by atoms with Crippen molar-refractivity contribution in [3.63, 3.8) is 0 Å². The number of ether oxygens (including phenoxy) is 2. The predicted molar refractivity (Wildman–Crippen MR) is 106 cm³/mol. The van der Waals surface area contributed by atoms with Crippen LogP contribution >= 0.6 is 23.4 Å². The first-order valence-corrected chi connectivity index (χ1v) is 9.45. The summed E-state index contributed by atoms with van der Waals surface area (Å²) in [4.78, 5) is 26.1. The van der Waals surface area contributed by atoms with Crippen molar-refractivity contribution < 1.29 is 19.1 Å². The van der Waals surface area contributed by atoms with Crippen molar-refractivity contribution in [3.05, 3.63) is 40.3 Å². The van der Waals surface area contributed by atoms with E-state index < -0.39 is 0 Å². The maximum Gasteiger partial charge on any atom is 0.294 e. The van der Waals surface area contributed by atoms with Crippen LogP contribution in [0.15, 0.2) is 29.7 Å². The van der Waals surface area contributed by atoms with Crippen molar-refractivity contribution in [1.29, 1.82) is 0 Å². The number of rotatable bonds is 7. The number of hydrogen-bond donors (Lipinski definition) is 0. The molecule has 140 valence electrons. The molecule has 0 radical (unpaired) electrons. The standard InChI is InChI=1S/C19H22ClNO4S/c1-6-11(3)21-18(22)16(26-19(21)23)10-13-8-14(20)17(15(9-13)24-5)25-12(4)7-2/h6,8-12H,1,7H2,2-5H3/b16-10-/t11-,12+/m1/s1. The molecule has 1 aliphatic heterocycles. The second-order valence-electron chi connectivity index (χ2n) is 5.90. The first-order chi connectivity index (χ1) is 12.3. The lowest BCUT2D eigenvalue weighted by Crippen LogP contribution is -2.35. The van der Waals surface area contributed by atoms with E-state index in [0.717, 1.165) is 18.2 Å². The summed E-state index contributed by atoms with van der Waals surface area (Å²) < 4.78 is 11.2. The van der Waals surface area contributed by atoms with Gasteiger partial charge in [-0.2, -0.15) is 0 Å². The largest absolute Gasteiger partial charge is 0.493 e. The van der Waals surface area contributed by atoms with E-state index in [9.17, 15) is 9.59 Å². The van der Waals surface area contributed by atoms with E-state index in [1.54, 1.807) is 31.2 Å². The number of imide groups is 1. The molecule has 7 heteroatoms. The van der Waals surface area contributed by atoms with E-state index in [4.69, 9.17) is 21.1 Å². The summed E-state index contributed by atoms with van der Waals surface area (Å²) in [5, 5.41) is 0.0676. The molecular weight excluding hydrogens is 374 g/mol. The molecular formula is C19H22ClNO4S. The van der Waals surface area contributed by atoms with Gasteiger partial charge in [-0.15, -0.1) is 6.58 Å². The van der Waals surface area contributed by atoms with Gasteiger partial charge < -0.3 is 9.47 Å². The van der Waals surface area contributed by atoms with Gasteiger partial charge in [-0.3, -0.25) is 14.5 Å². The summed E-state index contributed by atoms with van der Waals surface area (Å²) in [6.07, 6.45) is 4.00. The molecule has 2 atom stereocenters. The first-order valence-electron chi connectivity index (χ1n) is 8.26. The molecule has 1 fully saturated rings. The molecule has 0 bridgehead atoms. The Morgan fingerprint density at radius 1 is 1.35 bits per heavy atom. The van der Waals surface area contributed by atoms with Crippen LogP contribution < -0.4 is 9.47 Å². The summed E-state index contributed by atoms with van der Waals surface area (Å²) in [7, 11) is 1.53. The number of benzene rings is 1. The Morgan fingerprint density at radius 3 is 2.62 bits per heavy atom. The lowest BCUT2D eigenvalue weighted by atomic mass is 10.1. The van der Waals surface area contributed by atoms with Crippen LogP contribution in [0, 0.1) is 0 Å². The van der Waals surface area contributed by atoms with Crippen LogP contribution in [0.1, 0.15) is 32.8 Å². The van der Waals surface area contributed by atoms with Crippen LogP contribution in [0.3, 0.4) is 0 Å². The molecule has 1 aromatic rings. The number of carbonyl (C=O) groups excluding carboxylic acids is 2. The SMILES string of the molecule is C=C[C@@H](C)N1C(=O)S/C(=C\c2cc(Cl)c(O[C@@H](C)CC)c(OC)c2)C1=O. The third-order valence-corrected chi connectivity index (χ3v) is 5.18. The molecule has 1 heterocycles. The fourth-order valence-corrected chi connectivity index (χ4v) is 3.49. The number of nitrogens with zero attached hydrogens (tertiary/aromatic N) is 1. The molecule has 2 amide bonds. The van der Waals surface area contributed by atoms with E-state index in [-0.39, 0.29) is 23.3 Å². The Labute approximate surface area is 163 Å². The third kappa shape index (κ3) is 4.24. The molecule has 1 aliphatic rings. The molecule has 26 heavy (non-hydrogen) atoms. The highest BCUT2D eigenvalue weighted by molar-refractivity contribution is 8.18. The smallest absolute Gasteiger partial charge is 0.294 e. The zero-order valence-corrected chi connectivity index (χ0v) is 16.8. The highest BCUT2D eigenvalue weighted by atomic mass is 35.5. The Hall–Kier alpha value is -1.92. The molecule has 0 N–H and O–H groups in total. The summed E-state index contributed by atoms with van der Waals surface area (Å²) in [6, 6.07) is 3.05. The monoisotopic (exact) mass is 395 g/mol. The van der Waals surface area contributed by atoms with Crippen LogP contribution in [0.2, 0.25) is 5.02 Å². The highest BCUT2D eigenvalue weighted by Gasteiger charge is 2.37. The Morgan fingerprint density at radius 2 is 2.04 bits per heavy atom. The molecule has 0 aromatic heterocycles. The number of carbonyl (C=O) groups is 2. The van der Waals surface area contributed by atoms with Gasteiger partial charge in [0.1, 0.15) is 0 Å². The van der Waals surface area contributed by atoms with Gasteiger partial charge in [0.2, 0.25) is 0 Å². The normalized spacial score (nSPS) is 18.2. The molecule has 0 spiro atoms. The highest BCUT2D eigenvalue weighted by Crippen LogP contribution is 2.39. The average molecular weight is 396 g/mol. The number of methoxy groups -OCH3 is 1. The summed E-state index contributed by atoms with van der Waals surface area (Å²) in [5.74, 6) is 0.596. The maximum absolute atomic E-state index is 12.5. The minimum atomic E-state index is -0.363. The molecule has 5 nitrogen and oxygen atoms in total. The molecule has 0 saturated carbocycles. The average Bonchev–Trinajstić information content (AvgIpc) is 2.89. The zero-order chi connectivity index (χ0) is 19.4. The van der Waals surface area contributed by atoms with Crippen molar-refractivity contribution in [2.24, 2.45) is 0 Å². The predicted octanol–water partition coefficient (Wildman–Crippen LogP) is 5.14. The Kier molecular flexibility index (Phi) is 6.78. The van der Waals surface area contributed by atoms with Crippen molar-refractivity contribution in [2.75, 3.05) is 7.11 Å². The van der Waals surface area contributed by atoms with E-state index >= 15 is 0 Å². The van der Waals surface area contributed by atoms with Crippen molar-refractivity contribution in [2.45, 2.75) is 39.3 Å². The molecule has 0 aliphatic carbocycles. The lowest BCUT2D eigenvalue weighted by molar-refractivity contribution is -0.123. The molecule has 0 unspecified atom stereocenters.